The van der Waals surface area contributed by atoms with Crippen LogP contribution in [0.3, 0.4) is 0 Å². The quantitative estimate of drug-likeness (QED) is 0.233. The van der Waals surface area contributed by atoms with E-state index < -0.39 is 10.1 Å². The third-order valence-electron chi connectivity index (χ3n) is 5.33. The molecular weight excluding hydrogens is 396 g/mol. The van der Waals surface area contributed by atoms with Crippen LogP contribution in [0.25, 0.3) is 0 Å². The molecule has 166 valence electrons. The summed E-state index contributed by atoms with van der Waals surface area (Å²) in [6.07, 6.45) is 15.1. The van der Waals surface area contributed by atoms with E-state index in [9.17, 15) is 13.0 Å². The summed E-state index contributed by atoms with van der Waals surface area (Å²) >= 11 is 0. The smallest absolute Gasteiger partial charge is 0.298 e. The zero-order valence-corrected chi connectivity index (χ0v) is 19.0. The molecule has 5 heteroatoms. The van der Waals surface area contributed by atoms with Crippen molar-refractivity contribution in [2.75, 3.05) is 0 Å². The zero-order valence-electron chi connectivity index (χ0n) is 18.2. The highest BCUT2D eigenvalue weighted by Crippen LogP contribution is 2.30. The molecule has 2 aromatic carbocycles. The van der Waals surface area contributed by atoms with E-state index in [4.69, 9.17) is 4.74 Å². The second-order valence-electron chi connectivity index (χ2n) is 7.96. The highest BCUT2D eigenvalue weighted by Gasteiger charge is 2.18. The van der Waals surface area contributed by atoms with Crippen molar-refractivity contribution in [3.63, 3.8) is 0 Å². The van der Waals surface area contributed by atoms with E-state index in [1.54, 1.807) is 24.3 Å². The molecular formula is C25H36O4S. The Bertz CT molecular complexity index is 831. The number of hydrogen-bond donors (Lipinski definition) is 1. The third-order valence-corrected chi connectivity index (χ3v) is 6.22. The van der Waals surface area contributed by atoms with Gasteiger partial charge in [0.25, 0.3) is 10.1 Å². The highest BCUT2D eigenvalue weighted by molar-refractivity contribution is 7.86. The molecule has 30 heavy (non-hydrogen) atoms. The van der Waals surface area contributed by atoms with Gasteiger partial charge in [0.15, 0.2) is 0 Å². The lowest BCUT2D eigenvalue weighted by molar-refractivity contribution is 0.449. The lowest BCUT2D eigenvalue weighted by atomic mass is 10.0. The lowest BCUT2D eigenvalue weighted by Gasteiger charge is -2.11. The Labute approximate surface area is 182 Å². The highest BCUT2D eigenvalue weighted by atomic mass is 32.2. The maximum absolute atomic E-state index is 11.7. The predicted octanol–water partition coefficient (Wildman–Crippen LogP) is 7.58. The van der Waals surface area contributed by atoms with Crippen LogP contribution in [-0.2, 0) is 16.5 Å². The van der Waals surface area contributed by atoms with Gasteiger partial charge in [-0.05, 0) is 42.7 Å². The largest absolute Gasteiger partial charge is 0.456 e. The Morgan fingerprint density at radius 2 is 1.33 bits per heavy atom. The van der Waals surface area contributed by atoms with E-state index in [2.05, 4.69) is 6.92 Å². The number of rotatable bonds is 15. The molecule has 0 aliphatic carbocycles. The first kappa shape index (κ1) is 24.4. The van der Waals surface area contributed by atoms with Gasteiger partial charge < -0.3 is 4.74 Å². The molecule has 0 saturated heterocycles. The van der Waals surface area contributed by atoms with Gasteiger partial charge in [-0.3, -0.25) is 4.55 Å². The standard InChI is InChI=1S/C25H36O4S/c1-2-3-4-5-6-7-8-9-10-11-13-16-22-19-20-25(30(26,27)28)24(21-22)29-23-17-14-12-15-18-23/h12,14-15,17-21H,2-11,13,16H2,1H3,(H,26,27,28). The van der Waals surface area contributed by atoms with E-state index in [-0.39, 0.29) is 10.6 Å². The van der Waals surface area contributed by atoms with E-state index >= 15 is 0 Å². The summed E-state index contributed by atoms with van der Waals surface area (Å²) in [5.74, 6) is 0.707. The van der Waals surface area contributed by atoms with Gasteiger partial charge in [0.05, 0.1) is 0 Å². The number of ether oxygens (including phenoxy) is 1. The summed E-state index contributed by atoms with van der Waals surface area (Å²) < 4.78 is 38.6. The molecule has 0 aliphatic rings. The fourth-order valence-corrected chi connectivity index (χ4v) is 4.20. The van der Waals surface area contributed by atoms with Crippen LogP contribution in [0.1, 0.15) is 83.1 Å². The average Bonchev–Trinajstić information content (AvgIpc) is 2.72. The van der Waals surface area contributed by atoms with Crippen molar-refractivity contribution >= 4 is 10.1 Å². The molecule has 0 spiro atoms. The van der Waals surface area contributed by atoms with Crippen LogP contribution in [0.4, 0.5) is 0 Å². The van der Waals surface area contributed by atoms with Crippen LogP contribution in [0.5, 0.6) is 11.5 Å². The molecule has 1 N–H and O–H groups in total. The molecule has 0 amide bonds. The van der Waals surface area contributed by atoms with Crippen molar-refractivity contribution < 1.29 is 17.7 Å². The Morgan fingerprint density at radius 3 is 1.90 bits per heavy atom. The van der Waals surface area contributed by atoms with Crippen molar-refractivity contribution in [3.8, 4) is 11.5 Å². The Balaban J connectivity index is 1.77. The molecule has 0 aromatic heterocycles. The minimum atomic E-state index is -4.34. The number of unbranched alkanes of at least 4 members (excludes halogenated alkanes) is 10. The fourth-order valence-electron chi connectivity index (χ4n) is 3.61. The molecule has 4 nitrogen and oxygen atoms in total. The number of benzene rings is 2. The molecule has 0 saturated carbocycles. The van der Waals surface area contributed by atoms with Gasteiger partial charge in [-0.15, -0.1) is 0 Å². The van der Waals surface area contributed by atoms with Crippen molar-refractivity contribution in [1.29, 1.82) is 0 Å². The van der Waals surface area contributed by atoms with Crippen molar-refractivity contribution in [1.82, 2.24) is 0 Å². The maximum Gasteiger partial charge on any atom is 0.298 e. The van der Waals surface area contributed by atoms with Crippen LogP contribution >= 0.6 is 0 Å². The monoisotopic (exact) mass is 432 g/mol. The lowest BCUT2D eigenvalue weighted by Crippen LogP contribution is -2.02. The minimum Gasteiger partial charge on any atom is -0.456 e. The molecule has 0 bridgehead atoms. The number of para-hydroxylation sites is 1. The second-order valence-corrected chi connectivity index (χ2v) is 9.35. The first-order chi connectivity index (χ1) is 14.5. The van der Waals surface area contributed by atoms with Gasteiger partial charge in [-0.25, -0.2) is 0 Å². The van der Waals surface area contributed by atoms with Crippen LogP contribution in [0.15, 0.2) is 53.4 Å². The average molecular weight is 433 g/mol. The van der Waals surface area contributed by atoms with Gasteiger partial charge >= 0.3 is 0 Å². The topological polar surface area (TPSA) is 63.6 Å². The van der Waals surface area contributed by atoms with Crippen LogP contribution < -0.4 is 4.74 Å². The SMILES string of the molecule is CCCCCCCCCCCCCc1ccc(S(=O)(=O)O)c(Oc2ccccc2)c1. The van der Waals surface area contributed by atoms with Gasteiger partial charge in [0.1, 0.15) is 16.4 Å². The van der Waals surface area contributed by atoms with Gasteiger partial charge in [0, 0.05) is 0 Å². The summed E-state index contributed by atoms with van der Waals surface area (Å²) in [6.45, 7) is 2.25. The van der Waals surface area contributed by atoms with E-state index in [0.717, 1.165) is 18.4 Å². The summed E-state index contributed by atoms with van der Waals surface area (Å²) in [4.78, 5) is -0.200. The van der Waals surface area contributed by atoms with Gasteiger partial charge in [0.2, 0.25) is 0 Å². The van der Waals surface area contributed by atoms with Crippen molar-refractivity contribution in [2.45, 2.75) is 88.9 Å². The van der Waals surface area contributed by atoms with E-state index in [1.807, 2.05) is 18.2 Å². The Morgan fingerprint density at radius 1 is 0.767 bits per heavy atom. The van der Waals surface area contributed by atoms with E-state index in [0.29, 0.717) is 5.75 Å². The summed E-state index contributed by atoms with van der Waals surface area (Å²) in [7, 11) is -4.34. The molecule has 0 aliphatic heterocycles. The van der Waals surface area contributed by atoms with Gasteiger partial charge in [-0.1, -0.05) is 95.4 Å². The van der Waals surface area contributed by atoms with Crippen molar-refractivity contribution in [3.05, 3.63) is 54.1 Å². The first-order valence-electron chi connectivity index (χ1n) is 11.3. The molecule has 2 rings (SSSR count). The van der Waals surface area contributed by atoms with Crippen molar-refractivity contribution in [2.24, 2.45) is 0 Å². The molecule has 0 radical (unpaired) electrons. The summed E-state index contributed by atoms with van der Waals surface area (Å²) in [6, 6.07) is 13.9. The molecule has 0 heterocycles. The first-order valence-corrected chi connectivity index (χ1v) is 12.8. The second kappa shape index (κ2) is 13.5. The predicted molar refractivity (Wildman–Crippen MR) is 123 cm³/mol. The minimum absolute atomic E-state index is 0.171. The number of hydrogen-bond acceptors (Lipinski definition) is 3. The maximum atomic E-state index is 11.7. The van der Waals surface area contributed by atoms with Gasteiger partial charge in [-0.2, -0.15) is 8.42 Å². The van der Waals surface area contributed by atoms with Crippen LogP contribution in [-0.4, -0.2) is 13.0 Å². The van der Waals surface area contributed by atoms with Crippen LogP contribution in [0.2, 0.25) is 0 Å². The third kappa shape index (κ3) is 9.31. The molecule has 2 aromatic rings. The summed E-state index contributed by atoms with van der Waals surface area (Å²) in [5, 5.41) is 0. The fraction of sp³-hybridized carbons (Fsp3) is 0.520. The summed E-state index contributed by atoms with van der Waals surface area (Å²) in [5.41, 5.74) is 1.02. The molecule has 0 unspecified atom stereocenters. The van der Waals surface area contributed by atoms with E-state index in [1.165, 1.54) is 70.3 Å². The normalized spacial score (nSPS) is 11.5. The Hall–Kier alpha value is -1.85. The Kier molecular flexibility index (Phi) is 11.0. The zero-order chi connectivity index (χ0) is 21.7. The molecule has 0 atom stereocenters. The van der Waals surface area contributed by atoms with Crippen LogP contribution in [0, 0.1) is 0 Å². The molecule has 0 fully saturated rings. The number of aryl methyl sites for hydroxylation is 1.